The number of fused-ring (bicyclic) bond motifs is 1. The molecule has 0 aliphatic carbocycles. The van der Waals surface area contributed by atoms with Gasteiger partial charge in [-0.05, 0) is 76.7 Å². The number of urea groups is 1. The van der Waals surface area contributed by atoms with Crippen LogP contribution in [0.25, 0.3) is 11.0 Å². The molecule has 3 aromatic rings. The van der Waals surface area contributed by atoms with Crippen LogP contribution < -0.4 is 10.9 Å². The summed E-state index contributed by atoms with van der Waals surface area (Å²) in [6.07, 6.45) is 0. The minimum atomic E-state index is -1.14. The number of rotatable bonds is 4. The normalized spacial score (nSPS) is 19.2. The average molecular weight is 489 g/mol. The number of hydrogen-bond donors (Lipinski definition) is 1. The second-order valence-corrected chi connectivity index (χ2v) is 10.5. The summed E-state index contributed by atoms with van der Waals surface area (Å²) in [5.41, 5.74) is 1.56. The van der Waals surface area contributed by atoms with E-state index in [1.807, 2.05) is 31.2 Å². The van der Waals surface area contributed by atoms with Gasteiger partial charge in [-0.15, -0.1) is 11.3 Å². The lowest BCUT2D eigenvalue weighted by atomic mass is 9.94. The molecule has 156 valence electrons. The molecule has 0 radical (unpaired) electrons. The third-order valence-electron chi connectivity index (χ3n) is 5.51. The molecule has 4 rings (SSSR count). The van der Waals surface area contributed by atoms with Gasteiger partial charge in [-0.1, -0.05) is 13.8 Å². The minimum Gasteiger partial charge on any atom is -0.423 e. The molecule has 0 spiro atoms. The van der Waals surface area contributed by atoms with Crippen molar-refractivity contribution in [2.45, 2.75) is 45.7 Å². The Morgan fingerprint density at radius 3 is 2.57 bits per heavy atom. The molecule has 1 saturated heterocycles. The van der Waals surface area contributed by atoms with E-state index in [2.05, 4.69) is 35.1 Å². The zero-order chi connectivity index (χ0) is 21.8. The molecular weight excluding hydrogens is 468 g/mol. The summed E-state index contributed by atoms with van der Waals surface area (Å²) in [6.45, 7) is 7.85. The first-order chi connectivity index (χ1) is 14.1. The van der Waals surface area contributed by atoms with E-state index in [4.69, 9.17) is 4.42 Å². The molecule has 3 amide bonds. The van der Waals surface area contributed by atoms with Gasteiger partial charge < -0.3 is 9.73 Å². The number of carbonyl (C=O) groups excluding carboxylic acids is 2. The van der Waals surface area contributed by atoms with E-state index in [1.165, 1.54) is 17.4 Å². The van der Waals surface area contributed by atoms with Gasteiger partial charge in [0.2, 0.25) is 0 Å². The summed E-state index contributed by atoms with van der Waals surface area (Å²) in [4.78, 5) is 40.0. The Hall–Kier alpha value is -2.45. The smallest absolute Gasteiger partial charge is 0.336 e. The number of halogens is 1. The molecule has 2 aromatic heterocycles. The molecule has 3 heterocycles. The maximum atomic E-state index is 13.2. The lowest BCUT2D eigenvalue weighted by molar-refractivity contribution is -0.131. The first-order valence-corrected chi connectivity index (χ1v) is 11.2. The van der Waals surface area contributed by atoms with Crippen LogP contribution in [0.15, 0.2) is 43.3 Å². The van der Waals surface area contributed by atoms with Crippen molar-refractivity contribution in [1.29, 1.82) is 0 Å². The topological polar surface area (TPSA) is 79.6 Å². The van der Waals surface area contributed by atoms with Gasteiger partial charge in [0.15, 0.2) is 5.54 Å². The molecule has 1 aliphatic rings. The Labute approximate surface area is 186 Å². The van der Waals surface area contributed by atoms with E-state index in [1.54, 1.807) is 6.92 Å². The fourth-order valence-electron chi connectivity index (χ4n) is 3.91. The van der Waals surface area contributed by atoms with Gasteiger partial charge in [0, 0.05) is 16.3 Å². The Morgan fingerprint density at radius 2 is 1.93 bits per heavy atom. The SMILES string of the molecule is Cc1cc2oc(=O)cc(CN3C(=O)NC(C)(c4ccc(Br)s4)C3=O)c2cc1C(C)C. The van der Waals surface area contributed by atoms with Crippen LogP contribution in [0.5, 0.6) is 0 Å². The van der Waals surface area contributed by atoms with Crippen molar-refractivity contribution in [3.63, 3.8) is 0 Å². The van der Waals surface area contributed by atoms with E-state index < -0.39 is 17.2 Å². The van der Waals surface area contributed by atoms with Gasteiger partial charge in [0.25, 0.3) is 5.91 Å². The molecule has 1 unspecified atom stereocenters. The van der Waals surface area contributed by atoms with E-state index in [0.717, 1.165) is 30.1 Å². The first kappa shape index (κ1) is 20.8. The molecule has 1 aromatic carbocycles. The van der Waals surface area contributed by atoms with Gasteiger partial charge in [0.1, 0.15) is 5.58 Å². The number of amides is 3. The fourth-order valence-corrected chi connectivity index (χ4v) is 5.39. The Bertz CT molecular complexity index is 1250. The highest BCUT2D eigenvalue weighted by atomic mass is 79.9. The van der Waals surface area contributed by atoms with Gasteiger partial charge >= 0.3 is 11.7 Å². The lowest BCUT2D eigenvalue weighted by Crippen LogP contribution is -2.40. The predicted molar refractivity (Wildman–Crippen MR) is 120 cm³/mol. The van der Waals surface area contributed by atoms with Crippen LogP contribution in [0, 0.1) is 6.92 Å². The van der Waals surface area contributed by atoms with Crippen molar-refractivity contribution >= 4 is 50.2 Å². The first-order valence-electron chi connectivity index (χ1n) is 9.57. The van der Waals surface area contributed by atoms with Gasteiger partial charge in [0.05, 0.1) is 10.3 Å². The number of imide groups is 1. The quantitative estimate of drug-likeness (QED) is 0.413. The van der Waals surface area contributed by atoms with Crippen LogP contribution in [0.1, 0.15) is 48.3 Å². The van der Waals surface area contributed by atoms with Gasteiger partial charge in [-0.2, -0.15) is 0 Å². The molecule has 0 saturated carbocycles. The number of hydrogen-bond acceptors (Lipinski definition) is 5. The van der Waals surface area contributed by atoms with Crippen LogP contribution in [0.2, 0.25) is 0 Å². The molecule has 6 nitrogen and oxygen atoms in total. The van der Waals surface area contributed by atoms with Crippen molar-refractivity contribution in [2.75, 3.05) is 0 Å². The van der Waals surface area contributed by atoms with E-state index in [9.17, 15) is 14.4 Å². The van der Waals surface area contributed by atoms with E-state index in [-0.39, 0.29) is 18.4 Å². The Kier molecular flexibility index (Phi) is 5.10. The Morgan fingerprint density at radius 1 is 1.20 bits per heavy atom. The van der Waals surface area contributed by atoms with Crippen molar-refractivity contribution in [3.8, 4) is 0 Å². The summed E-state index contributed by atoms with van der Waals surface area (Å²) < 4.78 is 6.26. The third kappa shape index (κ3) is 3.37. The van der Waals surface area contributed by atoms with Crippen LogP contribution in [-0.2, 0) is 16.9 Å². The summed E-state index contributed by atoms with van der Waals surface area (Å²) in [5, 5.41) is 3.54. The lowest BCUT2D eigenvalue weighted by Gasteiger charge is -2.20. The fraction of sp³-hybridized carbons (Fsp3) is 0.318. The average Bonchev–Trinajstić information content (AvgIpc) is 3.18. The van der Waals surface area contributed by atoms with Crippen LogP contribution in [-0.4, -0.2) is 16.8 Å². The molecule has 0 bridgehead atoms. The Balaban J connectivity index is 1.77. The highest BCUT2D eigenvalue weighted by molar-refractivity contribution is 9.11. The third-order valence-corrected chi connectivity index (χ3v) is 7.35. The highest BCUT2D eigenvalue weighted by Crippen LogP contribution is 2.36. The molecule has 1 atom stereocenters. The number of benzene rings is 1. The monoisotopic (exact) mass is 488 g/mol. The molecule has 30 heavy (non-hydrogen) atoms. The van der Waals surface area contributed by atoms with Crippen molar-refractivity contribution in [3.05, 3.63) is 66.1 Å². The molecule has 1 N–H and O–H groups in total. The standard InChI is InChI=1S/C22H21BrN2O4S/c1-11(2)14-9-15-13(8-19(26)29-16(15)7-12(14)3)10-25-20(27)22(4,24-21(25)28)17-5-6-18(23)30-17/h5-9,11H,10H2,1-4H3,(H,24,28). The summed E-state index contributed by atoms with van der Waals surface area (Å²) in [5.74, 6) is -0.0640. The number of carbonyl (C=O) groups is 2. The van der Waals surface area contributed by atoms with Crippen molar-refractivity contribution < 1.29 is 14.0 Å². The second kappa shape index (κ2) is 7.35. The van der Waals surface area contributed by atoms with Gasteiger partial charge in [-0.3, -0.25) is 9.69 Å². The summed E-state index contributed by atoms with van der Waals surface area (Å²) in [6, 6.07) is 8.38. The van der Waals surface area contributed by atoms with Crippen LogP contribution in [0.4, 0.5) is 4.79 Å². The van der Waals surface area contributed by atoms with Crippen molar-refractivity contribution in [2.24, 2.45) is 0 Å². The molecule has 1 fully saturated rings. The highest BCUT2D eigenvalue weighted by Gasteiger charge is 2.49. The number of nitrogens with one attached hydrogen (secondary N) is 1. The summed E-state index contributed by atoms with van der Waals surface area (Å²) >= 11 is 4.80. The zero-order valence-corrected chi connectivity index (χ0v) is 19.4. The van der Waals surface area contributed by atoms with E-state index >= 15 is 0 Å². The molecular formula is C22H21BrN2O4S. The van der Waals surface area contributed by atoms with Crippen molar-refractivity contribution in [1.82, 2.24) is 10.2 Å². The maximum Gasteiger partial charge on any atom is 0.336 e. The molecule has 1 aliphatic heterocycles. The number of aryl methyl sites for hydroxylation is 1. The van der Waals surface area contributed by atoms with E-state index in [0.29, 0.717) is 11.1 Å². The number of nitrogens with zero attached hydrogens (tertiary/aromatic N) is 1. The molecule has 8 heteroatoms. The minimum absolute atomic E-state index is 0.00447. The van der Waals surface area contributed by atoms with Gasteiger partial charge in [-0.25, -0.2) is 9.59 Å². The maximum absolute atomic E-state index is 13.2. The predicted octanol–water partition coefficient (Wildman–Crippen LogP) is 5.02. The number of thiophene rings is 1. The zero-order valence-electron chi connectivity index (χ0n) is 17.0. The van der Waals surface area contributed by atoms with Crippen LogP contribution >= 0.6 is 27.3 Å². The second-order valence-electron chi connectivity index (χ2n) is 8.00. The summed E-state index contributed by atoms with van der Waals surface area (Å²) in [7, 11) is 0. The largest absolute Gasteiger partial charge is 0.423 e. The van der Waals surface area contributed by atoms with Crippen LogP contribution in [0.3, 0.4) is 0 Å².